The normalized spacial score (nSPS) is 11.1. The van der Waals surface area contributed by atoms with E-state index in [-0.39, 0.29) is 22.9 Å². The van der Waals surface area contributed by atoms with Gasteiger partial charge in [0.15, 0.2) is 9.84 Å². The Hall–Kier alpha value is -3.20. The fourth-order valence-electron chi connectivity index (χ4n) is 2.40. The quantitative estimate of drug-likeness (QED) is 0.639. The maximum absolute atomic E-state index is 12.3. The number of nitrogens with one attached hydrogen (secondary N) is 2. The van der Waals surface area contributed by atoms with Crippen molar-refractivity contribution in [1.29, 1.82) is 0 Å². The molecule has 0 aliphatic rings. The van der Waals surface area contributed by atoms with Gasteiger partial charge >= 0.3 is 0 Å². The van der Waals surface area contributed by atoms with Crippen LogP contribution in [0.25, 0.3) is 11.3 Å². The Kier molecular flexibility index (Phi) is 5.51. The molecule has 140 valence electrons. The van der Waals surface area contributed by atoms with Crippen LogP contribution < -0.4 is 10.1 Å². The van der Waals surface area contributed by atoms with Crippen molar-refractivity contribution in [2.75, 3.05) is 19.4 Å². The minimum Gasteiger partial charge on any atom is -0.497 e. The number of benzene rings is 1. The molecule has 2 heterocycles. The van der Waals surface area contributed by atoms with Crippen LogP contribution in [0.1, 0.15) is 10.5 Å². The minimum absolute atomic E-state index is 0.0194. The maximum atomic E-state index is 12.3. The summed E-state index contributed by atoms with van der Waals surface area (Å²) >= 11 is 0. The molecule has 27 heavy (non-hydrogen) atoms. The van der Waals surface area contributed by atoms with Gasteiger partial charge in [-0.25, -0.2) is 8.42 Å². The number of pyridine rings is 1. The van der Waals surface area contributed by atoms with E-state index in [1.807, 2.05) is 6.07 Å². The summed E-state index contributed by atoms with van der Waals surface area (Å²) in [6.07, 6.45) is 3.28. The number of hydrogen-bond acceptors (Lipinski definition) is 6. The Labute approximate surface area is 156 Å². The molecule has 0 atom stereocenters. The number of nitrogens with zero attached hydrogens (tertiary/aromatic N) is 2. The molecular weight excluding hydrogens is 368 g/mol. The number of ether oxygens (including phenoxy) is 1. The van der Waals surface area contributed by atoms with Crippen LogP contribution in [0.15, 0.2) is 59.8 Å². The number of carbonyl (C=O) groups is 1. The van der Waals surface area contributed by atoms with Crippen molar-refractivity contribution in [3.8, 4) is 17.0 Å². The third-order valence-corrected chi connectivity index (χ3v) is 5.59. The second kappa shape index (κ2) is 8.00. The number of H-pyrrole nitrogens is 1. The standard InChI is InChI=1S/C18H18N4O4S/c1-26-14-4-6-15(7-5-14)27(24,25)10-9-20-18(23)17-11-16(21-22-17)13-3-2-8-19-12-13/h2-8,11-12H,9-10H2,1H3,(H,20,23)(H,21,22). The van der Waals surface area contributed by atoms with Gasteiger partial charge < -0.3 is 10.1 Å². The van der Waals surface area contributed by atoms with Crippen molar-refractivity contribution in [2.24, 2.45) is 0 Å². The SMILES string of the molecule is COc1ccc(S(=O)(=O)CCNC(=O)c2cc(-c3cccnc3)n[nH]2)cc1. The third kappa shape index (κ3) is 4.50. The van der Waals surface area contributed by atoms with Crippen molar-refractivity contribution < 1.29 is 17.9 Å². The molecule has 0 saturated carbocycles. The fraction of sp³-hybridized carbons (Fsp3) is 0.167. The number of hydrogen-bond donors (Lipinski definition) is 2. The molecule has 0 fully saturated rings. The van der Waals surface area contributed by atoms with E-state index in [4.69, 9.17) is 4.74 Å². The van der Waals surface area contributed by atoms with Crippen LogP contribution in [0.2, 0.25) is 0 Å². The summed E-state index contributed by atoms with van der Waals surface area (Å²) in [6.45, 7) is -0.0194. The van der Waals surface area contributed by atoms with Gasteiger partial charge in [-0.15, -0.1) is 0 Å². The zero-order valence-corrected chi connectivity index (χ0v) is 15.4. The van der Waals surface area contributed by atoms with E-state index >= 15 is 0 Å². The first kappa shape index (κ1) is 18.6. The van der Waals surface area contributed by atoms with Crippen molar-refractivity contribution in [3.63, 3.8) is 0 Å². The maximum Gasteiger partial charge on any atom is 0.269 e. The van der Waals surface area contributed by atoms with Crippen LogP contribution in [-0.2, 0) is 9.84 Å². The molecule has 0 saturated heterocycles. The summed E-state index contributed by atoms with van der Waals surface area (Å²) in [4.78, 5) is 16.4. The number of sulfone groups is 1. The average molecular weight is 386 g/mol. The van der Waals surface area contributed by atoms with Crippen LogP contribution in [0.4, 0.5) is 0 Å². The van der Waals surface area contributed by atoms with Crippen LogP contribution in [-0.4, -0.2) is 48.9 Å². The fourth-order valence-corrected chi connectivity index (χ4v) is 3.55. The predicted octanol–water partition coefficient (Wildman–Crippen LogP) is 1.68. The number of carbonyl (C=O) groups excluding carboxylic acids is 1. The van der Waals surface area contributed by atoms with Crippen molar-refractivity contribution in [2.45, 2.75) is 4.90 Å². The van der Waals surface area contributed by atoms with Gasteiger partial charge in [0.1, 0.15) is 11.4 Å². The Bertz CT molecular complexity index is 1020. The first-order valence-electron chi connectivity index (χ1n) is 8.10. The molecule has 0 aliphatic heterocycles. The minimum atomic E-state index is -3.51. The highest BCUT2D eigenvalue weighted by atomic mass is 32.2. The Morgan fingerprint density at radius 3 is 2.67 bits per heavy atom. The summed E-state index contributed by atoms with van der Waals surface area (Å²) in [5.74, 6) is -0.0669. The van der Waals surface area contributed by atoms with Crippen molar-refractivity contribution in [3.05, 3.63) is 60.6 Å². The van der Waals surface area contributed by atoms with Gasteiger partial charge in [-0.2, -0.15) is 5.10 Å². The lowest BCUT2D eigenvalue weighted by molar-refractivity contribution is 0.0951. The molecule has 1 amide bonds. The highest BCUT2D eigenvalue weighted by Crippen LogP contribution is 2.17. The molecule has 8 nitrogen and oxygen atoms in total. The number of amides is 1. The van der Waals surface area contributed by atoms with Gasteiger partial charge in [-0.3, -0.25) is 14.9 Å². The van der Waals surface area contributed by atoms with Crippen LogP contribution in [0.5, 0.6) is 5.75 Å². The summed E-state index contributed by atoms with van der Waals surface area (Å²) < 4.78 is 29.7. The number of aromatic nitrogens is 3. The summed E-state index contributed by atoms with van der Waals surface area (Å²) in [7, 11) is -2.00. The summed E-state index contributed by atoms with van der Waals surface area (Å²) in [5, 5.41) is 9.30. The highest BCUT2D eigenvalue weighted by molar-refractivity contribution is 7.91. The van der Waals surface area contributed by atoms with E-state index in [0.29, 0.717) is 11.4 Å². The lowest BCUT2D eigenvalue weighted by Crippen LogP contribution is -2.29. The average Bonchev–Trinajstić information content (AvgIpc) is 3.19. The summed E-state index contributed by atoms with van der Waals surface area (Å²) in [5.41, 5.74) is 1.60. The van der Waals surface area contributed by atoms with Gasteiger partial charge in [0.25, 0.3) is 5.91 Å². The van der Waals surface area contributed by atoms with E-state index in [2.05, 4.69) is 20.5 Å². The molecule has 3 rings (SSSR count). The first-order valence-corrected chi connectivity index (χ1v) is 9.75. The number of rotatable bonds is 7. The Morgan fingerprint density at radius 2 is 2.00 bits per heavy atom. The predicted molar refractivity (Wildman–Crippen MR) is 99.2 cm³/mol. The smallest absolute Gasteiger partial charge is 0.269 e. The molecule has 0 bridgehead atoms. The van der Waals surface area contributed by atoms with Crippen LogP contribution in [0, 0.1) is 0 Å². The second-order valence-corrected chi connectivity index (χ2v) is 7.77. The van der Waals surface area contributed by atoms with Crippen molar-refractivity contribution in [1.82, 2.24) is 20.5 Å². The molecule has 1 aromatic carbocycles. The van der Waals surface area contributed by atoms with Crippen LogP contribution >= 0.6 is 0 Å². The largest absolute Gasteiger partial charge is 0.497 e. The van der Waals surface area contributed by atoms with Gasteiger partial charge in [0.05, 0.1) is 23.5 Å². The lowest BCUT2D eigenvalue weighted by Gasteiger charge is -2.06. The second-order valence-electron chi connectivity index (χ2n) is 5.66. The van der Waals surface area contributed by atoms with Gasteiger partial charge in [-0.05, 0) is 42.5 Å². The molecular formula is C18H18N4O4S. The number of methoxy groups -OCH3 is 1. The molecule has 0 unspecified atom stereocenters. The highest BCUT2D eigenvalue weighted by Gasteiger charge is 2.16. The van der Waals surface area contributed by atoms with E-state index < -0.39 is 15.7 Å². The first-order chi connectivity index (χ1) is 13.0. The van der Waals surface area contributed by atoms with Gasteiger partial charge in [0, 0.05) is 24.5 Å². The molecule has 0 spiro atoms. The monoisotopic (exact) mass is 386 g/mol. The molecule has 2 aromatic heterocycles. The van der Waals surface area contributed by atoms with Crippen LogP contribution in [0.3, 0.4) is 0 Å². The molecule has 2 N–H and O–H groups in total. The van der Waals surface area contributed by atoms with E-state index in [9.17, 15) is 13.2 Å². The molecule has 9 heteroatoms. The van der Waals surface area contributed by atoms with E-state index in [0.717, 1.165) is 5.56 Å². The molecule has 0 radical (unpaired) electrons. The topological polar surface area (TPSA) is 114 Å². The van der Waals surface area contributed by atoms with Crippen molar-refractivity contribution >= 4 is 15.7 Å². The summed E-state index contributed by atoms with van der Waals surface area (Å²) in [6, 6.07) is 11.3. The van der Waals surface area contributed by atoms with Gasteiger partial charge in [0.2, 0.25) is 0 Å². The zero-order valence-electron chi connectivity index (χ0n) is 14.5. The van der Waals surface area contributed by atoms with E-state index in [1.54, 1.807) is 36.7 Å². The molecule has 3 aromatic rings. The Morgan fingerprint density at radius 1 is 1.22 bits per heavy atom. The number of aromatic amines is 1. The zero-order chi connectivity index (χ0) is 19.3. The molecule has 0 aliphatic carbocycles. The van der Waals surface area contributed by atoms with E-state index in [1.165, 1.54) is 19.2 Å². The lowest BCUT2D eigenvalue weighted by atomic mass is 10.2. The Balaban J connectivity index is 1.58. The third-order valence-electron chi connectivity index (χ3n) is 3.85. The van der Waals surface area contributed by atoms with Gasteiger partial charge in [-0.1, -0.05) is 0 Å².